The molecule has 6 rings (SSSR count). The van der Waals surface area contributed by atoms with E-state index in [4.69, 9.17) is 32.7 Å². The predicted octanol–water partition coefficient (Wildman–Crippen LogP) is 6.77. The van der Waals surface area contributed by atoms with Crippen LogP contribution in [0.4, 0.5) is 5.69 Å². The fraction of sp³-hybridized carbons (Fsp3) is 0.138. The van der Waals surface area contributed by atoms with Crippen molar-refractivity contribution in [1.29, 1.82) is 0 Å². The quantitative estimate of drug-likeness (QED) is 0.190. The molecule has 0 bridgehead atoms. The van der Waals surface area contributed by atoms with Crippen molar-refractivity contribution < 1.29 is 19.2 Å². The lowest BCUT2D eigenvalue weighted by atomic mass is 9.78. The largest absolute Gasteiger partial charge is 0.442 e. The number of benzene rings is 3. The number of ketones is 1. The lowest BCUT2D eigenvalue weighted by molar-refractivity contribution is -0.384. The third-order valence-corrected chi connectivity index (χ3v) is 7.28. The Balaban J connectivity index is 1.62. The van der Waals surface area contributed by atoms with Crippen LogP contribution >= 0.6 is 23.2 Å². The predicted molar refractivity (Wildman–Crippen MR) is 148 cm³/mol. The van der Waals surface area contributed by atoms with Crippen LogP contribution in [-0.4, -0.2) is 20.3 Å². The van der Waals surface area contributed by atoms with Gasteiger partial charge in [-0.25, -0.2) is 4.57 Å². The van der Waals surface area contributed by atoms with Gasteiger partial charge in [0.25, 0.3) is 11.2 Å². The molecule has 4 aromatic rings. The van der Waals surface area contributed by atoms with Crippen molar-refractivity contribution in [2.24, 2.45) is 0 Å². The molecular formula is C29H19Cl2N3O6. The van der Waals surface area contributed by atoms with E-state index in [1.165, 1.54) is 22.8 Å². The summed E-state index contributed by atoms with van der Waals surface area (Å²) < 4.78 is 13.4. The molecule has 11 heteroatoms. The Hall–Kier alpha value is -4.47. The minimum atomic E-state index is -0.922. The van der Waals surface area contributed by atoms with Crippen LogP contribution in [0.5, 0.6) is 17.6 Å². The number of nitro benzene ring substituents is 1. The second kappa shape index (κ2) is 10.3. The Kier molecular flexibility index (Phi) is 6.61. The van der Waals surface area contributed by atoms with Crippen LogP contribution < -0.4 is 15.0 Å². The highest BCUT2D eigenvalue weighted by Gasteiger charge is 2.41. The van der Waals surface area contributed by atoms with Crippen molar-refractivity contribution >= 4 is 34.7 Å². The molecule has 0 amide bonds. The number of nitro groups is 1. The number of rotatable bonds is 5. The zero-order chi connectivity index (χ0) is 28.0. The number of fused-ring (bicyclic) bond motifs is 1. The van der Waals surface area contributed by atoms with Crippen molar-refractivity contribution in [3.8, 4) is 23.3 Å². The highest BCUT2D eigenvalue weighted by Crippen LogP contribution is 2.46. The summed E-state index contributed by atoms with van der Waals surface area (Å²) in [5, 5.41) is 12.6. The van der Waals surface area contributed by atoms with Gasteiger partial charge in [-0.1, -0.05) is 35.3 Å². The number of ether oxygens (including phenoxy) is 2. The molecular weight excluding hydrogens is 557 g/mol. The Morgan fingerprint density at radius 1 is 0.975 bits per heavy atom. The monoisotopic (exact) mass is 575 g/mol. The van der Waals surface area contributed by atoms with Crippen molar-refractivity contribution in [2.75, 3.05) is 0 Å². The molecule has 2 aliphatic rings. The average Bonchev–Trinajstić information content (AvgIpc) is 2.94. The van der Waals surface area contributed by atoms with E-state index < -0.39 is 16.4 Å². The molecule has 200 valence electrons. The Morgan fingerprint density at radius 3 is 2.38 bits per heavy atom. The normalized spacial score (nSPS) is 16.1. The fourth-order valence-corrected chi connectivity index (χ4v) is 5.24. The summed E-state index contributed by atoms with van der Waals surface area (Å²) in [6, 6.07) is 18.9. The van der Waals surface area contributed by atoms with Crippen LogP contribution in [0.2, 0.25) is 10.0 Å². The molecule has 0 fully saturated rings. The smallest absolute Gasteiger partial charge is 0.312 e. The van der Waals surface area contributed by atoms with Crippen molar-refractivity contribution in [3.05, 3.63) is 126 Å². The maximum Gasteiger partial charge on any atom is 0.312 e. The summed E-state index contributed by atoms with van der Waals surface area (Å²) in [6.45, 7) is 0. The second-order valence-corrected chi connectivity index (χ2v) is 10.2. The lowest BCUT2D eigenvalue weighted by Gasteiger charge is -2.32. The van der Waals surface area contributed by atoms with Gasteiger partial charge in [0.05, 0.1) is 22.1 Å². The molecule has 9 nitrogen and oxygen atoms in total. The molecule has 1 aliphatic heterocycles. The van der Waals surface area contributed by atoms with E-state index in [1.54, 1.807) is 54.6 Å². The molecule has 0 radical (unpaired) electrons. The van der Waals surface area contributed by atoms with Crippen LogP contribution in [-0.2, 0) is 4.79 Å². The van der Waals surface area contributed by atoms with Gasteiger partial charge < -0.3 is 9.47 Å². The van der Waals surface area contributed by atoms with Crippen LogP contribution in [0.1, 0.15) is 36.3 Å². The molecule has 1 atom stereocenters. The van der Waals surface area contributed by atoms with Crippen molar-refractivity contribution in [2.45, 2.75) is 25.2 Å². The summed E-state index contributed by atoms with van der Waals surface area (Å²) >= 11 is 12.1. The molecule has 2 heterocycles. The fourth-order valence-electron chi connectivity index (χ4n) is 4.99. The maximum atomic E-state index is 14.4. The number of nitrogens with zero attached hydrogens (tertiary/aromatic N) is 3. The number of aromatic nitrogens is 2. The number of hydrogen-bond acceptors (Lipinski definition) is 7. The highest BCUT2D eigenvalue weighted by atomic mass is 35.5. The zero-order valence-electron chi connectivity index (χ0n) is 20.7. The first-order valence-electron chi connectivity index (χ1n) is 12.3. The van der Waals surface area contributed by atoms with Gasteiger partial charge in [-0.2, -0.15) is 4.98 Å². The van der Waals surface area contributed by atoms with E-state index in [2.05, 4.69) is 4.98 Å². The summed E-state index contributed by atoms with van der Waals surface area (Å²) in [4.78, 5) is 43.3. The van der Waals surface area contributed by atoms with E-state index in [0.717, 1.165) is 0 Å². The van der Waals surface area contributed by atoms with Crippen molar-refractivity contribution in [3.63, 3.8) is 0 Å². The van der Waals surface area contributed by atoms with Gasteiger partial charge >= 0.3 is 6.01 Å². The van der Waals surface area contributed by atoms with E-state index in [0.29, 0.717) is 51.2 Å². The minimum Gasteiger partial charge on any atom is -0.442 e. The molecule has 0 saturated heterocycles. The van der Waals surface area contributed by atoms with Gasteiger partial charge in [0, 0.05) is 40.6 Å². The van der Waals surface area contributed by atoms with E-state index in [-0.39, 0.29) is 35.3 Å². The first kappa shape index (κ1) is 25.8. The van der Waals surface area contributed by atoms with Gasteiger partial charge in [0.2, 0.25) is 5.88 Å². The van der Waals surface area contributed by atoms with Gasteiger partial charge in [0.1, 0.15) is 11.5 Å². The third-order valence-electron chi connectivity index (χ3n) is 6.78. The second-order valence-electron chi connectivity index (χ2n) is 9.29. The Bertz CT molecular complexity index is 1760. The topological polar surface area (TPSA) is 114 Å². The molecule has 3 aromatic carbocycles. The minimum absolute atomic E-state index is 0.0240. The van der Waals surface area contributed by atoms with E-state index in [9.17, 15) is 19.7 Å². The maximum absolute atomic E-state index is 14.4. The molecule has 40 heavy (non-hydrogen) atoms. The first-order valence-corrected chi connectivity index (χ1v) is 13.1. The number of Topliss-reactive ketones (excluding diaryl/α,β-unsaturated/α-hetero) is 1. The molecule has 1 aromatic heterocycles. The Morgan fingerprint density at radius 2 is 1.68 bits per heavy atom. The SMILES string of the molecule is O=C1CCCC2=C1C(c1cccc([N+](=O)[O-])c1)c1c(nc(Oc3ccc(Cl)cc3)n(-c3ccc(Cl)cc3)c1=O)O2. The van der Waals surface area contributed by atoms with Gasteiger partial charge in [0.15, 0.2) is 5.78 Å². The van der Waals surface area contributed by atoms with E-state index >= 15 is 0 Å². The number of non-ortho nitro benzene ring substituents is 1. The van der Waals surface area contributed by atoms with Crippen LogP contribution in [0.3, 0.4) is 0 Å². The zero-order valence-corrected chi connectivity index (χ0v) is 22.2. The summed E-state index contributed by atoms with van der Waals surface area (Å²) in [5.41, 5.74) is 0.484. The number of allylic oxidation sites excluding steroid dienone is 2. The summed E-state index contributed by atoms with van der Waals surface area (Å²) in [6.07, 6.45) is 1.31. The number of hydrogen-bond donors (Lipinski definition) is 0. The summed E-state index contributed by atoms with van der Waals surface area (Å²) in [5.74, 6) is -0.354. The van der Waals surface area contributed by atoms with Gasteiger partial charge in [-0.3, -0.25) is 19.7 Å². The highest BCUT2D eigenvalue weighted by molar-refractivity contribution is 6.30. The third kappa shape index (κ3) is 4.63. The molecule has 0 N–H and O–H groups in total. The number of carbonyl (C=O) groups is 1. The number of carbonyl (C=O) groups excluding carboxylic acids is 1. The van der Waals surface area contributed by atoms with Gasteiger partial charge in [-0.15, -0.1) is 0 Å². The molecule has 0 saturated carbocycles. The molecule has 1 aliphatic carbocycles. The average molecular weight is 576 g/mol. The first-order chi connectivity index (χ1) is 19.3. The van der Waals surface area contributed by atoms with E-state index in [1.807, 2.05) is 0 Å². The lowest BCUT2D eigenvalue weighted by Crippen LogP contribution is -2.34. The standard InChI is InChI=1S/C29H19Cl2N3O6/c30-17-7-11-19(12-8-17)33-28(36)26-24(16-3-1-4-20(15-16)34(37)38)25-22(35)5-2-6-23(25)40-27(26)32-29(33)39-21-13-9-18(31)10-14-21/h1,3-4,7-15,24H,2,5-6H2. The van der Waals surface area contributed by atoms with Crippen LogP contribution in [0.15, 0.2) is 88.9 Å². The molecule has 0 spiro atoms. The summed E-state index contributed by atoms with van der Waals surface area (Å²) in [7, 11) is 0. The molecule has 1 unspecified atom stereocenters. The van der Waals surface area contributed by atoms with Crippen molar-refractivity contribution in [1.82, 2.24) is 9.55 Å². The van der Waals surface area contributed by atoms with Crippen LogP contribution in [0, 0.1) is 10.1 Å². The van der Waals surface area contributed by atoms with Gasteiger partial charge in [-0.05, 0) is 60.5 Å². The Labute approximate surface area is 237 Å². The van der Waals surface area contributed by atoms with Crippen LogP contribution in [0.25, 0.3) is 5.69 Å². The number of halogens is 2.